The lowest BCUT2D eigenvalue weighted by Gasteiger charge is -2.09. The van der Waals surface area contributed by atoms with Crippen LogP contribution in [0.5, 0.6) is 0 Å². The molecule has 2 nitrogen and oxygen atoms in total. The fourth-order valence-corrected chi connectivity index (χ4v) is 2.59. The van der Waals surface area contributed by atoms with Crippen molar-refractivity contribution in [3.05, 3.63) is 65.0 Å². The topological polar surface area (TPSA) is 17.8 Å². The molecule has 2 aromatic carbocycles. The maximum absolute atomic E-state index is 13.8. The second-order valence-electron chi connectivity index (χ2n) is 4.98. The Kier molecular flexibility index (Phi) is 3.64. The maximum Gasteiger partial charge on any atom is 0.131 e. The molecule has 0 atom stereocenters. The van der Waals surface area contributed by atoms with Gasteiger partial charge < -0.3 is 4.57 Å². The van der Waals surface area contributed by atoms with Gasteiger partial charge in [-0.3, -0.25) is 0 Å². The average molecular weight is 307 g/mol. The van der Waals surface area contributed by atoms with E-state index >= 15 is 0 Å². The number of benzene rings is 2. The van der Waals surface area contributed by atoms with Gasteiger partial charge in [0.05, 0.1) is 23.5 Å². The molecule has 0 aliphatic carbocycles. The highest BCUT2D eigenvalue weighted by atomic mass is 35.5. The Morgan fingerprint density at radius 3 is 2.67 bits per heavy atom. The zero-order valence-electron chi connectivity index (χ0n) is 11.4. The van der Waals surface area contributed by atoms with Crippen LogP contribution in [0.4, 0.5) is 8.78 Å². The van der Waals surface area contributed by atoms with E-state index in [1.54, 1.807) is 0 Å². The second-order valence-corrected chi connectivity index (χ2v) is 5.24. The predicted molar refractivity (Wildman–Crippen MR) is 79.5 cm³/mol. The number of aromatic nitrogens is 2. The minimum atomic E-state index is -0.583. The summed E-state index contributed by atoms with van der Waals surface area (Å²) < 4.78 is 28.7. The first-order chi connectivity index (χ1) is 10.1. The molecule has 0 aliphatic rings. The number of fused-ring (bicyclic) bond motifs is 1. The molecule has 0 spiro atoms. The Labute approximate surface area is 126 Å². The van der Waals surface area contributed by atoms with Crippen LogP contribution in [-0.4, -0.2) is 9.55 Å². The first kappa shape index (κ1) is 14.0. The van der Waals surface area contributed by atoms with E-state index in [4.69, 9.17) is 11.6 Å². The molecule has 0 N–H and O–H groups in total. The average Bonchev–Trinajstić information content (AvgIpc) is 2.79. The summed E-state index contributed by atoms with van der Waals surface area (Å²) in [6.07, 6.45) is 0. The van der Waals surface area contributed by atoms with Crippen LogP contribution in [0.2, 0.25) is 0 Å². The fourth-order valence-electron chi connectivity index (χ4n) is 2.39. The fraction of sp³-hybridized carbons (Fsp3) is 0.188. The zero-order valence-corrected chi connectivity index (χ0v) is 12.2. The number of halogens is 3. The van der Waals surface area contributed by atoms with Gasteiger partial charge in [0, 0.05) is 11.6 Å². The van der Waals surface area contributed by atoms with Crippen molar-refractivity contribution in [3.63, 3.8) is 0 Å². The molecule has 3 aromatic rings. The molecular weight excluding hydrogens is 294 g/mol. The zero-order chi connectivity index (χ0) is 15.0. The van der Waals surface area contributed by atoms with E-state index in [9.17, 15) is 8.78 Å². The van der Waals surface area contributed by atoms with Crippen molar-refractivity contribution in [2.45, 2.75) is 19.3 Å². The summed E-state index contributed by atoms with van der Waals surface area (Å²) in [6.45, 7) is 2.26. The molecule has 1 heterocycles. The van der Waals surface area contributed by atoms with Crippen LogP contribution in [-0.2, 0) is 12.4 Å². The van der Waals surface area contributed by atoms with Crippen LogP contribution in [0.1, 0.15) is 17.0 Å². The van der Waals surface area contributed by atoms with Crippen LogP contribution in [0.3, 0.4) is 0 Å². The van der Waals surface area contributed by atoms with Crippen molar-refractivity contribution in [1.29, 1.82) is 0 Å². The molecule has 5 heteroatoms. The largest absolute Gasteiger partial charge is 0.322 e. The molecule has 0 saturated heterocycles. The number of imidazole rings is 1. The van der Waals surface area contributed by atoms with Gasteiger partial charge in [-0.15, -0.1) is 11.6 Å². The lowest BCUT2D eigenvalue weighted by molar-refractivity contribution is 0.566. The van der Waals surface area contributed by atoms with Gasteiger partial charge in [-0.25, -0.2) is 13.8 Å². The van der Waals surface area contributed by atoms with Gasteiger partial charge in [0.2, 0.25) is 0 Å². The van der Waals surface area contributed by atoms with Gasteiger partial charge in [0.25, 0.3) is 0 Å². The Morgan fingerprint density at radius 1 is 1.14 bits per heavy atom. The SMILES string of the molecule is Cc1ccc2c(c1)nc(CCl)n2Cc1ccc(F)cc1F. The number of nitrogens with zero attached hydrogens (tertiary/aromatic N) is 2. The summed E-state index contributed by atoms with van der Waals surface area (Å²) >= 11 is 5.94. The third-order valence-electron chi connectivity index (χ3n) is 3.45. The quantitative estimate of drug-likeness (QED) is 0.655. The van der Waals surface area contributed by atoms with E-state index in [1.807, 2.05) is 29.7 Å². The molecule has 1 aromatic heterocycles. The normalized spacial score (nSPS) is 11.2. The highest BCUT2D eigenvalue weighted by Gasteiger charge is 2.12. The molecule has 3 rings (SSSR count). The second kappa shape index (κ2) is 5.45. The Bertz CT molecular complexity index is 811. The lowest BCUT2D eigenvalue weighted by Crippen LogP contribution is -2.05. The monoisotopic (exact) mass is 306 g/mol. The third kappa shape index (κ3) is 2.63. The molecule has 0 saturated carbocycles. The van der Waals surface area contributed by atoms with Crippen LogP contribution in [0.25, 0.3) is 11.0 Å². The number of rotatable bonds is 3. The van der Waals surface area contributed by atoms with Crippen molar-refractivity contribution >= 4 is 22.6 Å². The van der Waals surface area contributed by atoms with E-state index < -0.39 is 11.6 Å². The van der Waals surface area contributed by atoms with Gasteiger partial charge in [0.1, 0.15) is 17.5 Å². The van der Waals surface area contributed by atoms with Crippen molar-refractivity contribution in [2.24, 2.45) is 0 Å². The standard InChI is InChI=1S/C16H13ClF2N2/c1-10-2-5-15-14(6-10)20-16(8-17)21(15)9-11-3-4-12(18)7-13(11)19/h2-7H,8-9H2,1H3. The van der Waals surface area contributed by atoms with Gasteiger partial charge >= 0.3 is 0 Å². The van der Waals surface area contributed by atoms with Crippen LogP contribution >= 0.6 is 11.6 Å². The molecule has 0 radical (unpaired) electrons. The van der Waals surface area contributed by atoms with E-state index in [-0.39, 0.29) is 12.4 Å². The summed E-state index contributed by atoms with van der Waals surface area (Å²) in [6, 6.07) is 9.46. The molecule has 0 bridgehead atoms. The summed E-state index contributed by atoms with van der Waals surface area (Å²) in [5.74, 6) is -0.248. The molecule has 0 fully saturated rings. The van der Waals surface area contributed by atoms with E-state index in [1.165, 1.54) is 12.1 Å². The summed E-state index contributed by atoms with van der Waals surface area (Å²) in [5.41, 5.74) is 3.22. The summed E-state index contributed by atoms with van der Waals surface area (Å²) in [7, 11) is 0. The van der Waals surface area contributed by atoms with Crippen LogP contribution in [0.15, 0.2) is 36.4 Å². The van der Waals surface area contributed by atoms with Crippen LogP contribution in [0, 0.1) is 18.6 Å². The molecule has 108 valence electrons. The van der Waals surface area contributed by atoms with Crippen molar-refractivity contribution in [3.8, 4) is 0 Å². The van der Waals surface area contributed by atoms with E-state index in [2.05, 4.69) is 4.98 Å². The number of aryl methyl sites for hydroxylation is 1. The Balaban J connectivity index is 2.10. The first-order valence-electron chi connectivity index (χ1n) is 6.54. The van der Waals surface area contributed by atoms with Crippen molar-refractivity contribution < 1.29 is 8.78 Å². The summed E-state index contributed by atoms with van der Waals surface area (Å²) in [4.78, 5) is 4.47. The number of alkyl halides is 1. The van der Waals surface area contributed by atoms with Crippen molar-refractivity contribution in [2.75, 3.05) is 0 Å². The number of hydrogen-bond donors (Lipinski definition) is 0. The highest BCUT2D eigenvalue weighted by molar-refractivity contribution is 6.16. The Morgan fingerprint density at radius 2 is 1.95 bits per heavy atom. The smallest absolute Gasteiger partial charge is 0.131 e. The molecular formula is C16H13ClF2N2. The van der Waals surface area contributed by atoms with E-state index in [0.717, 1.165) is 22.7 Å². The highest BCUT2D eigenvalue weighted by Crippen LogP contribution is 2.21. The Hall–Kier alpha value is -1.94. The molecule has 21 heavy (non-hydrogen) atoms. The minimum absolute atomic E-state index is 0.233. The van der Waals surface area contributed by atoms with Crippen LogP contribution < -0.4 is 0 Å². The van der Waals surface area contributed by atoms with Gasteiger partial charge in [-0.05, 0) is 30.7 Å². The van der Waals surface area contributed by atoms with Gasteiger partial charge in [-0.1, -0.05) is 12.1 Å². The van der Waals surface area contributed by atoms with Gasteiger partial charge in [-0.2, -0.15) is 0 Å². The predicted octanol–water partition coefficient (Wildman–Crippen LogP) is 4.41. The van der Waals surface area contributed by atoms with E-state index in [0.29, 0.717) is 11.4 Å². The van der Waals surface area contributed by atoms with Crippen molar-refractivity contribution in [1.82, 2.24) is 9.55 Å². The third-order valence-corrected chi connectivity index (χ3v) is 3.68. The van der Waals surface area contributed by atoms with Gasteiger partial charge in [0.15, 0.2) is 0 Å². The minimum Gasteiger partial charge on any atom is -0.322 e. The number of hydrogen-bond acceptors (Lipinski definition) is 1. The molecule has 0 unspecified atom stereocenters. The molecule has 0 amide bonds. The maximum atomic E-state index is 13.8. The molecule has 0 aliphatic heterocycles. The summed E-state index contributed by atoms with van der Waals surface area (Å²) in [5, 5.41) is 0. The lowest BCUT2D eigenvalue weighted by atomic mass is 10.2. The first-order valence-corrected chi connectivity index (χ1v) is 7.07.